The number of nitrogens with zero attached hydrogens (tertiary/aromatic N) is 3. The van der Waals surface area contributed by atoms with Gasteiger partial charge in [0, 0.05) is 13.6 Å². The Bertz CT molecular complexity index is 743. The molecule has 0 bridgehead atoms. The van der Waals surface area contributed by atoms with E-state index in [0.29, 0.717) is 5.92 Å². The molecule has 1 saturated heterocycles. The van der Waals surface area contributed by atoms with Crippen molar-refractivity contribution in [1.82, 2.24) is 20.5 Å². The standard InChI is InChI=1S/C22H33N5O/c1-16-18(3)28-21(25-16)15-27-12-10-19(11-13-27)14-24-22(23-4)26-17(2)20-8-6-5-7-9-20/h5-9,17,19H,10-15H2,1-4H3,(H2,23,24,26). The monoisotopic (exact) mass is 383 g/mol. The van der Waals surface area contributed by atoms with E-state index in [4.69, 9.17) is 4.42 Å². The third kappa shape index (κ3) is 5.58. The highest BCUT2D eigenvalue weighted by molar-refractivity contribution is 5.80. The lowest BCUT2D eigenvalue weighted by Gasteiger charge is -2.31. The summed E-state index contributed by atoms with van der Waals surface area (Å²) in [5, 5.41) is 6.98. The summed E-state index contributed by atoms with van der Waals surface area (Å²) in [4.78, 5) is 11.3. The molecule has 0 radical (unpaired) electrons. The maximum atomic E-state index is 5.72. The van der Waals surface area contributed by atoms with E-state index in [1.165, 1.54) is 18.4 Å². The molecule has 1 aromatic heterocycles. The molecule has 152 valence electrons. The van der Waals surface area contributed by atoms with E-state index in [2.05, 4.69) is 56.7 Å². The molecule has 1 aromatic carbocycles. The predicted octanol–water partition coefficient (Wildman–Crippen LogP) is 3.43. The Morgan fingerprint density at radius 3 is 2.57 bits per heavy atom. The molecular formula is C22H33N5O. The van der Waals surface area contributed by atoms with Crippen LogP contribution >= 0.6 is 0 Å². The number of rotatable bonds is 6. The van der Waals surface area contributed by atoms with E-state index in [1.807, 2.05) is 27.0 Å². The number of likely N-dealkylation sites (tertiary alicyclic amines) is 1. The maximum absolute atomic E-state index is 5.72. The zero-order valence-electron chi connectivity index (χ0n) is 17.5. The first kappa shape index (κ1) is 20.4. The van der Waals surface area contributed by atoms with Crippen LogP contribution in [-0.4, -0.2) is 42.5 Å². The van der Waals surface area contributed by atoms with Gasteiger partial charge in [0.2, 0.25) is 5.89 Å². The normalized spacial score (nSPS) is 17.5. The molecule has 0 spiro atoms. The van der Waals surface area contributed by atoms with Gasteiger partial charge < -0.3 is 15.1 Å². The van der Waals surface area contributed by atoms with Crippen molar-refractivity contribution in [2.75, 3.05) is 26.7 Å². The van der Waals surface area contributed by atoms with E-state index in [0.717, 1.165) is 49.5 Å². The Morgan fingerprint density at radius 2 is 1.96 bits per heavy atom. The molecule has 28 heavy (non-hydrogen) atoms. The van der Waals surface area contributed by atoms with Crippen LogP contribution in [0.25, 0.3) is 0 Å². The number of aliphatic imine (C=N–C) groups is 1. The molecule has 0 saturated carbocycles. The average molecular weight is 384 g/mol. The molecule has 1 fully saturated rings. The van der Waals surface area contributed by atoms with Crippen LogP contribution in [0.15, 0.2) is 39.7 Å². The summed E-state index contributed by atoms with van der Waals surface area (Å²) in [6.45, 7) is 10.1. The van der Waals surface area contributed by atoms with Crippen molar-refractivity contribution in [3.05, 3.63) is 53.2 Å². The van der Waals surface area contributed by atoms with Gasteiger partial charge in [-0.3, -0.25) is 9.89 Å². The molecule has 0 aliphatic carbocycles. The average Bonchev–Trinajstić information content (AvgIpc) is 3.03. The number of aryl methyl sites for hydroxylation is 2. The molecule has 2 N–H and O–H groups in total. The molecule has 0 amide bonds. The van der Waals surface area contributed by atoms with Crippen LogP contribution in [0.5, 0.6) is 0 Å². The lowest BCUT2D eigenvalue weighted by molar-refractivity contribution is 0.164. The van der Waals surface area contributed by atoms with Gasteiger partial charge in [0.1, 0.15) is 5.76 Å². The Labute approximate surface area is 168 Å². The molecule has 6 nitrogen and oxygen atoms in total. The largest absolute Gasteiger partial charge is 0.444 e. The minimum Gasteiger partial charge on any atom is -0.444 e. The number of hydrogen-bond acceptors (Lipinski definition) is 4. The van der Waals surface area contributed by atoms with Crippen molar-refractivity contribution in [1.29, 1.82) is 0 Å². The minimum absolute atomic E-state index is 0.224. The number of hydrogen-bond donors (Lipinski definition) is 2. The maximum Gasteiger partial charge on any atom is 0.208 e. The van der Waals surface area contributed by atoms with Crippen molar-refractivity contribution in [2.45, 2.75) is 46.2 Å². The fourth-order valence-corrected chi connectivity index (χ4v) is 3.61. The van der Waals surface area contributed by atoms with Crippen LogP contribution < -0.4 is 10.6 Å². The van der Waals surface area contributed by atoms with Gasteiger partial charge in [0.25, 0.3) is 0 Å². The second-order valence-corrected chi connectivity index (χ2v) is 7.70. The summed E-state index contributed by atoms with van der Waals surface area (Å²) in [6.07, 6.45) is 2.35. The number of benzene rings is 1. The Morgan fingerprint density at radius 1 is 1.25 bits per heavy atom. The summed E-state index contributed by atoms with van der Waals surface area (Å²) < 4.78 is 5.72. The Hall–Kier alpha value is -2.34. The van der Waals surface area contributed by atoms with Gasteiger partial charge in [0.05, 0.1) is 18.3 Å². The van der Waals surface area contributed by atoms with Gasteiger partial charge in [-0.25, -0.2) is 4.98 Å². The third-order valence-electron chi connectivity index (χ3n) is 5.57. The number of oxazole rings is 1. The molecule has 3 rings (SSSR count). The van der Waals surface area contributed by atoms with Crippen LogP contribution in [0, 0.1) is 19.8 Å². The Balaban J connectivity index is 1.40. The van der Waals surface area contributed by atoms with E-state index >= 15 is 0 Å². The molecule has 2 aromatic rings. The van der Waals surface area contributed by atoms with E-state index in [1.54, 1.807) is 0 Å². The number of nitrogens with one attached hydrogen (secondary N) is 2. The molecule has 1 aliphatic rings. The number of guanidine groups is 1. The number of aromatic nitrogens is 1. The second kappa shape index (κ2) is 9.73. The zero-order chi connectivity index (χ0) is 19.9. The van der Waals surface area contributed by atoms with Gasteiger partial charge >= 0.3 is 0 Å². The molecule has 1 unspecified atom stereocenters. The van der Waals surface area contributed by atoms with Gasteiger partial charge in [-0.2, -0.15) is 0 Å². The van der Waals surface area contributed by atoms with Crippen LogP contribution in [0.1, 0.15) is 48.7 Å². The van der Waals surface area contributed by atoms with E-state index in [9.17, 15) is 0 Å². The first-order valence-electron chi connectivity index (χ1n) is 10.2. The quantitative estimate of drug-likeness (QED) is 0.591. The van der Waals surface area contributed by atoms with Gasteiger partial charge in [-0.05, 0) is 58.2 Å². The van der Waals surface area contributed by atoms with Crippen molar-refractivity contribution in [2.24, 2.45) is 10.9 Å². The van der Waals surface area contributed by atoms with Crippen LogP contribution in [0.4, 0.5) is 0 Å². The van der Waals surface area contributed by atoms with Gasteiger partial charge in [-0.15, -0.1) is 0 Å². The molecule has 6 heteroatoms. The third-order valence-corrected chi connectivity index (χ3v) is 5.57. The highest BCUT2D eigenvalue weighted by Crippen LogP contribution is 2.19. The SMILES string of the molecule is CN=C(NCC1CCN(Cc2nc(C)c(C)o2)CC1)NC(C)c1ccccc1. The van der Waals surface area contributed by atoms with Gasteiger partial charge in [-0.1, -0.05) is 30.3 Å². The molecule has 1 atom stereocenters. The van der Waals surface area contributed by atoms with Crippen molar-refractivity contribution < 1.29 is 4.42 Å². The molecular weight excluding hydrogens is 350 g/mol. The molecule has 1 aliphatic heterocycles. The fourth-order valence-electron chi connectivity index (χ4n) is 3.61. The van der Waals surface area contributed by atoms with Crippen molar-refractivity contribution in [3.63, 3.8) is 0 Å². The first-order chi connectivity index (χ1) is 13.5. The highest BCUT2D eigenvalue weighted by Gasteiger charge is 2.21. The lowest BCUT2D eigenvalue weighted by atomic mass is 9.97. The first-order valence-corrected chi connectivity index (χ1v) is 10.2. The summed E-state index contributed by atoms with van der Waals surface area (Å²) in [7, 11) is 1.83. The summed E-state index contributed by atoms with van der Waals surface area (Å²) in [5.41, 5.74) is 2.26. The topological polar surface area (TPSA) is 65.7 Å². The number of piperidine rings is 1. The lowest BCUT2D eigenvalue weighted by Crippen LogP contribution is -2.43. The van der Waals surface area contributed by atoms with Crippen LogP contribution in [0.2, 0.25) is 0 Å². The summed E-state index contributed by atoms with van der Waals surface area (Å²) >= 11 is 0. The van der Waals surface area contributed by atoms with Crippen molar-refractivity contribution >= 4 is 5.96 Å². The fraction of sp³-hybridized carbons (Fsp3) is 0.545. The van der Waals surface area contributed by atoms with Gasteiger partial charge in [0.15, 0.2) is 5.96 Å². The van der Waals surface area contributed by atoms with E-state index in [-0.39, 0.29) is 6.04 Å². The Kier molecular flexibility index (Phi) is 7.09. The van der Waals surface area contributed by atoms with Crippen LogP contribution in [0.3, 0.4) is 0 Å². The smallest absolute Gasteiger partial charge is 0.208 e. The highest BCUT2D eigenvalue weighted by atomic mass is 16.4. The summed E-state index contributed by atoms with van der Waals surface area (Å²) in [5.74, 6) is 3.29. The van der Waals surface area contributed by atoms with Crippen LogP contribution in [-0.2, 0) is 6.54 Å². The molecule has 2 heterocycles. The van der Waals surface area contributed by atoms with Crippen molar-refractivity contribution in [3.8, 4) is 0 Å². The summed E-state index contributed by atoms with van der Waals surface area (Å²) in [6, 6.07) is 10.7. The van der Waals surface area contributed by atoms with E-state index < -0.39 is 0 Å². The minimum atomic E-state index is 0.224. The second-order valence-electron chi connectivity index (χ2n) is 7.70. The zero-order valence-corrected chi connectivity index (χ0v) is 17.5. The predicted molar refractivity (Wildman–Crippen MR) is 113 cm³/mol.